The van der Waals surface area contributed by atoms with Crippen molar-refractivity contribution in [3.05, 3.63) is 35.6 Å². The molecule has 0 aromatic heterocycles. The van der Waals surface area contributed by atoms with Crippen molar-refractivity contribution in [2.45, 2.75) is 37.8 Å². The van der Waals surface area contributed by atoms with E-state index in [9.17, 15) is 4.39 Å². The highest BCUT2D eigenvalue weighted by Crippen LogP contribution is 2.44. The summed E-state index contributed by atoms with van der Waals surface area (Å²) >= 11 is 2.00. The number of benzene rings is 1. The summed E-state index contributed by atoms with van der Waals surface area (Å²) in [4.78, 5) is 0. The third-order valence-corrected chi connectivity index (χ3v) is 5.92. The molecule has 3 rings (SSSR count). The summed E-state index contributed by atoms with van der Waals surface area (Å²) in [6.45, 7) is 3.86. The Hall–Kier alpha value is -0.580. The average molecular weight is 309 g/mol. The Balaban J connectivity index is 1.80. The molecule has 0 bridgehead atoms. The number of thioether (sulfide) groups is 1. The summed E-state index contributed by atoms with van der Waals surface area (Å²) in [6, 6.07) is 7.29. The lowest BCUT2D eigenvalue weighted by molar-refractivity contribution is -0.0853. The van der Waals surface area contributed by atoms with Crippen LogP contribution in [0.2, 0.25) is 0 Å². The van der Waals surface area contributed by atoms with Crippen LogP contribution in [0.25, 0.3) is 0 Å². The molecule has 0 amide bonds. The van der Waals surface area contributed by atoms with E-state index in [-0.39, 0.29) is 17.5 Å². The summed E-state index contributed by atoms with van der Waals surface area (Å²) in [5, 5.41) is 3.57. The van der Waals surface area contributed by atoms with Crippen LogP contribution >= 0.6 is 11.8 Å². The molecule has 2 heterocycles. The molecule has 2 nitrogen and oxygen atoms in total. The molecule has 4 heteroatoms. The van der Waals surface area contributed by atoms with Gasteiger partial charge in [0.1, 0.15) is 5.82 Å². The molecular weight excluding hydrogens is 285 g/mol. The SMILES string of the molecule is CCNC(c1cccc(F)c1)C1CCOC2(CCSC2)C1. The van der Waals surface area contributed by atoms with E-state index in [1.165, 1.54) is 11.8 Å². The van der Waals surface area contributed by atoms with Crippen molar-refractivity contribution < 1.29 is 9.13 Å². The fourth-order valence-electron chi connectivity index (χ4n) is 3.69. The van der Waals surface area contributed by atoms with Gasteiger partial charge in [0.2, 0.25) is 0 Å². The Morgan fingerprint density at radius 1 is 1.52 bits per heavy atom. The van der Waals surface area contributed by atoms with Crippen molar-refractivity contribution in [1.29, 1.82) is 0 Å². The van der Waals surface area contributed by atoms with Crippen molar-refractivity contribution in [1.82, 2.24) is 5.32 Å². The lowest BCUT2D eigenvalue weighted by Crippen LogP contribution is -2.43. The largest absolute Gasteiger partial charge is 0.374 e. The predicted molar refractivity (Wildman–Crippen MR) is 86.2 cm³/mol. The fraction of sp³-hybridized carbons (Fsp3) is 0.647. The molecular formula is C17H24FNOS. The monoisotopic (exact) mass is 309 g/mol. The molecule has 1 spiro atoms. The molecule has 2 fully saturated rings. The molecule has 2 aliphatic heterocycles. The highest BCUT2D eigenvalue weighted by Gasteiger charge is 2.42. The first-order valence-corrected chi connectivity index (χ1v) is 9.08. The Morgan fingerprint density at radius 3 is 3.14 bits per heavy atom. The van der Waals surface area contributed by atoms with Crippen LogP contribution in [0.1, 0.15) is 37.8 Å². The van der Waals surface area contributed by atoms with Gasteiger partial charge in [0.15, 0.2) is 0 Å². The standard InChI is InChI=1S/C17H24FNOS/c1-2-19-16(13-4-3-5-15(18)10-13)14-6-8-20-17(11-14)7-9-21-12-17/h3-5,10,14,16,19H,2,6-9,11-12H2,1H3. The molecule has 3 unspecified atom stereocenters. The van der Waals surface area contributed by atoms with Gasteiger partial charge in [-0.1, -0.05) is 19.1 Å². The summed E-state index contributed by atoms with van der Waals surface area (Å²) in [5.74, 6) is 2.71. The maximum atomic E-state index is 13.6. The number of hydrogen-bond donors (Lipinski definition) is 1. The van der Waals surface area contributed by atoms with E-state index >= 15 is 0 Å². The average Bonchev–Trinajstić information content (AvgIpc) is 2.92. The van der Waals surface area contributed by atoms with Gasteiger partial charge >= 0.3 is 0 Å². The molecule has 21 heavy (non-hydrogen) atoms. The molecule has 2 saturated heterocycles. The smallest absolute Gasteiger partial charge is 0.123 e. The third-order valence-electron chi connectivity index (χ3n) is 4.70. The Labute approximate surface area is 130 Å². The number of hydrogen-bond acceptors (Lipinski definition) is 3. The van der Waals surface area contributed by atoms with Crippen LogP contribution in [-0.2, 0) is 4.74 Å². The third kappa shape index (κ3) is 3.43. The normalized spacial score (nSPS) is 30.7. The fourth-order valence-corrected chi connectivity index (χ4v) is 5.07. The minimum absolute atomic E-state index is 0.0780. The summed E-state index contributed by atoms with van der Waals surface area (Å²) in [5.41, 5.74) is 1.15. The molecule has 3 atom stereocenters. The minimum atomic E-state index is -0.145. The summed E-state index contributed by atoms with van der Waals surface area (Å²) in [7, 11) is 0. The van der Waals surface area contributed by atoms with Crippen LogP contribution in [0.15, 0.2) is 24.3 Å². The number of nitrogens with one attached hydrogen (secondary N) is 1. The van der Waals surface area contributed by atoms with E-state index in [0.717, 1.165) is 43.7 Å². The molecule has 1 aromatic carbocycles. The van der Waals surface area contributed by atoms with Gasteiger partial charge < -0.3 is 10.1 Å². The van der Waals surface area contributed by atoms with Crippen molar-refractivity contribution in [3.8, 4) is 0 Å². The van der Waals surface area contributed by atoms with Gasteiger partial charge in [0.25, 0.3) is 0 Å². The zero-order valence-electron chi connectivity index (χ0n) is 12.6. The quantitative estimate of drug-likeness (QED) is 0.914. The van der Waals surface area contributed by atoms with Crippen LogP contribution in [0.4, 0.5) is 4.39 Å². The van der Waals surface area contributed by atoms with E-state index < -0.39 is 0 Å². The molecule has 1 N–H and O–H groups in total. The topological polar surface area (TPSA) is 21.3 Å². The van der Waals surface area contributed by atoms with Crippen LogP contribution in [0, 0.1) is 11.7 Å². The summed E-state index contributed by atoms with van der Waals surface area (Å²) in [6.07, 6.45) is 3.31. The zero-order chi connectivity index (χ0) is 14.7. The molecule has 2 aliphatic rings. The van der Waals surface area contributed by atoms with E-state index in [1.54, 1.807) is 6.07 Å². The highest BCUT2D eigenvalue weighted by molar-refractivity contribution is 7.99. The van der Waals surface area contributed by atoms with Gasteiger partial charge in [0, 0.05) is 18.4 Å². The first-order valence-electron chi connectivity index (χ1n) is 7.93. The van der Waals surface area contributed by atoms with Crippen molar-refractivity contribution >= 4 is 11.8 Å². The van der Waals surface area contributed by atoms with E-state index in [2.05, 4.69) is 12.2 Å². The molecule has 116 valence electrons. The molecule has 1 aromatic rings. The number of rotatable bonds is 4. The Bertz CT molecular complexity index is 476. The van der Waals surface area contributed by atoms with Crippen molar-refractivity contribution in [3.63, 3.8) is 0 Å². The van der Waals surface area contributed by atoms with Gasteiger partial charge in [-0.05, 0) is 55.2 Å². The van der Waals surface area contributed by atoms with E-state index in [4.69, 9.17) is 4.74 Å². The van der Waals surface area contributed by atoms with Crippen LogP contribution in [0.5, 0.6) is 0 Å². The lowest BCUT2D eigenvalue weighted by atomic mass is 9.79. The Kier molecular flexibility index (Phi) is 4.87. The van der Waals surface area contributed by atoms with E-state index in [0.29, 0.717) is 5.92 Å². The van der Waals surface area contributed by atoms with Crippen LogP contribution in [0.3, 0.4) is 0 Å². The maximum Gasteiger partial charge on any atom is 0.123 e. The van der Waals surface area contributed by atoms with Crippen molar-refractivity contribution in [2.75, 3.05) is 24.7 Å². The molecule has 0 saturated carbocycles. The predicted octanol–water partition coefficient (Wildman–Crippen LogP) is 3.78. The van der Waals surface area contributed by atoms with Crippen molar-refractivity contribution in [2.24, 2.45) is 5.92 Å². The summed E-state index contributed by atoms with van der Waals surface area (Å²) < 4.78 is 19.7. The number of ether oxygens (including phenoxy) is 1. The van der Waals surface area contributed by atoms with Gasteiger partial charge in [-0.2, -0.15) is 11.8 Å². The van der Waals surface area contributed by atoms with E-state index in [1.807, 2.05) is 23.9 Å². The highest BCUT2D eigenvalue weighted by atomic mass is 32.2. The maximum absolute atomic E-state index is 13.6. The second-order valence-electron chi connectivity index (χ2n) is 6.18. The van der Waals surface area contributed by atoms with Gasteiger partial charge in [0.05, 0.1) is 5.60 Å². The molecule has 0 radical (unpaired) electrons. The van der Waals surface area contributed by atoms with Crippen LogP contribution in [-0.4, -0.2) is 30.3 Å². The first-order chi connectivity index (χ1) is 10.2. The van der Waals surface area contributed by atoms with Gasteiger partial charge in [-0.15, -0.1) is 0 Å². The van der Waals surface area contributed by atoms with Gasteiger partial charge in [-0.3, -0.25) is 0 Å². The second-order valence-corrected chi connectivity index (χ2v) is 7.28. The number of halogens is 1. The first kappa shape index (κ1) is 15.3. The second kappa shape index (κ2) is 6.67. The minimum Gasteiger partial charge on any atom is -0.374 e. The van der Waals surface area contributed by atoms with Crippen LogP contribution < -0.4 is 5.32 Å². The lowest BCUT2D eigenvalue weighted by Gasteiger charge is -2.41. The molecule has 0 aliphatic carbocycles. The Morgan fingerprint density at radius 2 is 2.43 bits per heavy atom. The van der Waals surface area contributed by atoms with Gasteiger partial charge in [-0.25, -0.2) is 4.39 Å². The zero-order valence-corrected chi connectivity index (χ0v) is 13.4.